The van der Waals surface area contributed by atoms with Crippen LogP contribution in [0.4, 0.5) is 5.82 Å². The van der Waals surface area contributed by atoms with Crippen LogP contribution in [0.25, 0.3) is 22.3 Å². The minimum absolute atomic E-state index is 0.483. The number of hydrogen-bond acceptors (Lipinski definition) is 3. The number of rotatable bonds is 2. The van der Waals surface area contributed by atoms with Crippen molar-refractivity contribution in [3.63, 3.8) is 0 Å². The second kappa shape index (κ2) is 5.73. The predicted molar refractivity (Wildman–Crippen MR) is 94.2 cm³/mol. The number of nitrogen functional groups attached to an aromatic ring is 1. The molecule has 0 radical (unpaired) electrons. The van der Waals surface area contributed by atoms with Crippen LogP contribution in [-0.4, -0.2) is 9.97 Å². The van der Waals surface area contributed by atoms with E-state index in [0.29, 0.717) is 11.6 Å². The van der Waals surface area contributed by atoms with Crippen molar-refractivity contribution in [1.82, 2.24) is 9.97 Å². The third kappa shape index (κ3) is 2.80. The molecule has 106 valence electrons. The fraction of sp³-hybridized carbons (Fsp3) is 0.125. The van der Waals surface area contributed by atoms with Crippen LogP contribution in [-0.2, 0) is 6.42 Å². The first-order chi connectivity index (χ1) is 10.1. The van der Waals surface area contributed by atoms with Crippen molar-refractivity contribution in [3.05, 3.63) is 50.9 Å². The van der Waals surface area contributed by atoms with E-state index in [2.05, 4.69) is 60.9 Å². The second-order valence-electron chi connectivity index (χ2n) is 4.77. The molecule has 0 saturated heterocycles. The second-order valence-corrected chi connectivity index (χ2v) is 6.54. The highest BCUT2D eigenvalue weighted by atomic mass is 79.9. The van der Waals surface area contributed by atoms with Gasteiger partial charge in [-0.2, -0.15) is 0 Å². The number of hydrogen-bond donors (Lipinski definition) is 1. The Morgan fingerprint density at radius 1 is 1.05 bits per heavy atom. The van der Waals surface area contributed by atoms with Gasteiger partial charge in [0.05, 0.1) is 5.52 Å². The molecule has 3 nitrogen and oxygen atoms in total. The molecule has 0 bridgehead atoms. The van der Waals surface area contributed by atoms with Crippen molar-refractivity contribution in [2.24, 2.45) is 0 Å². The maximum Gasteiger partial charge on any atom is 0.162 e. The van der Waals surface area contributed by atoms with Gasteiger partial charge in [-0.15, -0.1) is 0 Å². The summed E-state index contributed by atoms with van der Waals surface area (Å²) < 4.78 is 1.84. The summed E-state index contributed by atoms with van der Waals surface area (Å²) in [6.07, 6.45) is 1.01. The molecule has 0 spiro atoms. The summed E-state index contributed by atoms with van der Waals surface area (Å²) in [5, 5.41) is 0.838. The van der Waals surface area contributed by atoms with Crippen LogP contribution in [0.3, 0.4) is 0 Å². The van der Waals surface area contributed by atoms with Crippen molar-refractivity contribution in [1.29, 1.82) is 0 Å². The third-order valence-electron chi connectivity index (χ3n) is 3.37. The maximum atomic E-state index is 6.10. The molecule has 0 aliphatic rings. The number of fused-ring (bicyclic) bond motifs is 1. The summed E-state index contributed by atoms with van der Waals surface area (Å²) >= 11 is 6.99. The molecule has 0 aliphatic heterocycles. The topological polar surface area (TPSA) is 51.8 Å². The lowest BCUT2D eigenvalue weighted by molar-refractivity contribution is 1.14. The largest absolute Gasteiger partial charge is 0.383 e. The van der Waals surface area contributed by atoms with Gasteiger partial charge < -0.3 is 5.73 Å². The first-order valence-corrected chi connectivity index (χ1v) is 8.18. The maximum absolute atomic E-state index is 6.10. The van der Waals surface area contributed by atoms with E-state index < -0.39 is 0 Å². The first kappa shape index (κ1) is 14.5. The average Bonchev–Trinajstić information content (AvgIpc) is 2.48. The van der Waals surface area contributed by atoms with Gasteiger partial charge in [0, 0.05) is 19.9 Å². The van der Waals surface area contributed by atoms with Crippen LogP contribution < -0.4 is 5.73 Å². The summed E-state index contributed by atoms with van der Waals surface area (Å²) in [6.45, 7) is 2.13. The molecule has 1 aromatic heterocycles. The molecule has 3 aromatic rings. The minimum atomic E-state index is 0.483. The van der Waals surface area contributed by atoms with Gasteiger partial charge in [-0.1, -0.05) is 47.1 Å². The molecule has 0 fully saturated rings. The van der Waals surface area contributed by atoms with E-state index in [0.717, 1.165) is 31.8 Å². The summed E-state index contributed by atoms with van der Waals surface area (Å²) in [4.78, 5) is 9.08. The third-order valence-corrected chi connectivity index (χ3v) is 4.43. The normalized spacial score (nSPS) is 11.0. The van der Waals surface area contributed by atoms with Gasteiger partial charge in [0.25, 0.3) is 0 Å². The van der Waals surface area contributed by atoms with Gasteiger partial charge >= 0.3 is 0 Å². The van der Waals surface area contributed by atoms with Crippen molar-refractivity contribution >= 4 is 48.6 Å². The van der Waals surface area contributed by atoms with Crippen LogP contribution in [0.15, 0.2) is 45.3 Å². The van der Waals surface area contributed by atoms with Crippen molar-refractivity contribution in [2.45, 2.75) is 13.3 Å². The number of nitrogens with zero attached hydrogens (tertiary/aromatic N) is 2. The lowest BCUT2D eigenvalue weighted by atomic mass is 10.1. The van der Waals surface area contributed by atoms with E-state index in [1.165, 1.54) is 5.56 Å². The van der Waals surface area contributed by atoms with E-state index >= 15 is 0 Å². The number of aromatic nitrogens is 2. The van der Waals surface area contributed by atoms with Crippen LogP contribution in [0.2, 0.25) is 0 Å². The molecule has 0 aliphatic carbocycles. The Kier molecular flexibility index (Phi) is 3.95. The van der Waals surface area contributed by atoms with Crippen LogP contribution >= 0.6 is 31.9 Å². The van der Waals surface area contributed by atoms with E-state index in [1.54, 1.807) is 0 Å². The Morgan fingerprint density at radius 3 is 2.43 bits per heavy atom. The van der Waals surface area contributed by atoms with Gasteiger partial charge in [-0.3, -0.25) is 0 Å². The average molecular weight is 407 g/mol. The van der Waals surface area contributed by atoms with E-state index in [4.69, 9.17) is 5.73 Å². The molecule has 21 heavy (non-hydrogen) atoms. The molecule has 3 rings (SSSR count). The molecular weight excluding hydrogens is 394 g/mol. The number of aryl methyl sites for hydroxylation is 1. The van der Waals surface area contributed by atoms with Gasteiger partial charge in [0.2, 0.25) is 0 Å². The Bertz CT molecular complexity index is 814. The van der Waals surface area contributed by atoms with E-state index in [1.807, 2.05) is 24.3 Å². The molecule has 2 N–H and O–H groups in total. The lowest BCUT2D eigenvalue weighted by Crippen LogP contribution is -1.98. The standard InChI is InChI=1S/C16H13Br2N3/c1-2-9-3-5-10(6-4-9)16-20-14-12(15(19)21-16)7-11(17)8-13(14)18/h3-8H,2H2,1H3,(H2,19,20,21). The van der Waals surface area contributed by atoms with E-state index in [-0.39, 0.29) is 0 Å². The molecule has 0 unspecified atom stereocenters. The van der Waals surface area contributed by atoms with Gasteiger partial charge in [-0.25, -0.2) is 9.97 Å². The molecule has 1 heterocycles. The predicted octanol–water partition coefficient (Wildman–Crippen LogP) is 4.97. The summed E-state index contributed by atoms with van der Waals surface area (Å²) in [7, 11) is 0. The quantitative estimate of drug-likeness (QED) is 0.653. The number of anilines is 1. The fourth-order valence-electron chi connectivity index (χ4n) is 2.20. The monoisotopic (exact) mass is 405 g/mol. The van der Waals surface area contributed by atoms with Crippen LogP contribution in [0, 0.1) is 0 Å². The van der Waals surface area contributed by atoms with Crippen molar-refractivity contribution in [2.75, 3.05) is 5.73 Å². The zero-order chi connectivity index (χ0) is 15.0. The number of nitrogens with two attached hydrogens (primary N) is 1. The highest BCUT2D eigenvalue weighted by Crippen LogP contribution is 2.31. The molecule has 0 amide bonds. The Labute approximate surface area is 139 Å². The smallest absolute Gasteiger partial charge is 0.162 e. The Morgan fingerprint density at radius 2 is 1.76 bits per heavy atom. The van der Waals surface area contributed by atoms with Gasteiger partial charge in [0.1, 0.15) is 5.82 Å². The Hall–Kier alpha value is -1.46. The SMILES string of the molecule is CCc1ccc(-c2nc(N)c3cc(Br)cc(Br)c3n2)cc1. The van der Waals surface area contributed by atoms with Crippen LogP contribution in [0.1, 0.15) is 12.5 Å². The highest BCUT2D eigenvalue weighted by molar-refractivity contribution is 9.11. The van der Waals surface area contributed by atoms with Gasteiger partial charge in [-0.05, 0) is 40.0 Å². The number of benzene rings is 2. The minimum Gasteiger partial charge on any atom is -0.383 e. The molecule has 5 heteroatoms. The summed E-state index contributed by atoms with van der Waals surface area (Å²) in [5.41, 5.74) is 9.17. The zero-order valence-electron chi connectivity index (χ0n) is 11.4. The zero-order valence-corrected chi connectivity index (χ0v) is 14.6. The van der Waals surface area contributed by atoms with Crippen molar-refractivity contribution < 1.29 is 0 Å². The van der Waals surface area contributed by atoms with Crippen molar-refractivity contribution in [3.8, 4) is 11.4 Å². The number of halogens is 2. The highest BCUT2D eigenvalue weighted by Gasteiger charge is 2.10. The first-order valence-electron chi connectivity index (χ1n) is 6.60. The van der Waals surface area contributed by atoms with E-state index in [9.17, 15) is 0 Å². The Balaban J connectivity index is 2.19. The molecule has 2 aromatic carbocycles. The fourth-order valence-corrected chi connectivity index (χ4v) is 3.51. The van der Waals surface area contributed by atoms with Gasteiger partial charge in [0.15, 0.2) is 5.82 Å². The molecule has 0 saturated carbocycles. The van der Waals surface area contributed by atoms with Crippen LogP contribution in [0.5, 0.6) is 0 Å². The lowest BCUT2D eigenvalue weighted by Gasteiger charge is -2.08. The molecule has 0 atom stereocenters. The summed E-state index contributed by atoms with van der Waals surface area (Å²) in [5.74, 6) is 1.13. The summed E-state index contributed by atoms with van der Waals surface area (Å²) in [6, 6.07) is 12.1. The molecular formula is C16H13Br2N3.